The minimum Gasteiger partial charge on any atom is -0.394 e. The molecule has 5 N–H and O–H groups in total. The van der Waals surface area contributed by atoms with Crippen LogP contribution in [0.5, 0.6) is 0 Å². The van der Waals surface area contributed by atoms with Crippen molar-refractivity contribution in [3.05, 3.63) is 29.3 Å². The van der Waals surface area contributed by atoms with Gasteiger partial charge in [0.2, 0.25) is 6.29 Å². The molecule has 1 aliphatic rings. The lowest BCUT2D eigenvalue weighted by Crippen LogP contribution is -2.59. The van der Waals surface area contributed by atoms with Gasteiger partial charge < -0.3 is 25.2 Å². The normalized spacial score (nSPS) is 33.0. The Bertz CT molecular complexity index is 481. The predicted molar refractivity (Wildman–Crippen MR) is 74.4 cm³/mol. The van der Waals surface area contributed by atoms with Crippen molar-refractivity contribution >= 4 is 5.69 Å². The third-order valence-corrected chi connectivity index (χ3v) is 3.65. The molecule has 0 amide bonds. The lowest BCUT2D eigenvalue weighted by Gasteiger charge is -2.39. The Labute approximate surface area is 122 Å². The minimum atomic E-state index is -1.46. The van der Waals surface area contributed by atoms with E-state index in [-0.39, 0.29) is 0 Å². The summed E-state index contributed by atoms with van der Waals surface area (Å²) in [5, 5.41) is 38.2. The van der Waals surface area contributed by atoms with E-state index < -0.39 is 37.3 Å². The van der Waals surface area contributed by atoms with Gasteiger partial charge in [0, 0.05) is 0 Å². The van der Waals surface area contributed by atoms with Crippen LogP contribution < -0.4 is 5.48 Å². The molecule has 0 aliphatic carbocycles. The van der Waals surface area contributed by atoms with Crippen molar-refractivity contribution in [3.8, 4) is 0 Å². The van der Waals surface area contributed by atoms with E-state index in [0.717, 1.165) is 11.1 Å². The molecule has 1 saturated heterocycles. The highest BCUT2D eigenvalue weighted by Crippen LogP contribution is 2.23. The average Bonchev–Trinajstić information content (AvgIpc) is 2.47. The smallest absolute Gasteiger partial charge is 0.212 e. The Morgan fingerprint density at radius 1 is 1.10 bits per heavy atom. The molecule has 118 valence electrons. The number of rotatable bonds is 4. The van der Waals surface area contributed by atoms with Crippen LogP contribution in [0.4, 0.5) is 5.69 Å². The van der Waals surface area contributed by atoms with Gasteiger partial charge in [0.1, 0.15) is 24.4 Å². The van der Waals surface area contributed by atoms with Gasteiger partial charge in [-0.05, 0) is 37.1 Å². The fourth-order valence-corrected chi connectivity index (χ4v) is 2.10. The second-order valence-corrected chi connectivity index (χ2v) is 5.22. The SMILES string of the molecule is Cc1ccc(NOC2OC(CO)[C@@H](O)C(O)[C@H]2O)cc1C. The summed E-state index contributed by atoms with van der Waals surface area (Å²) in [6.45, 7) is 3.44. The van der Waals surface area contributed by atoms with Crippen LogP contribution >= 0.6 is 0 Å². The minimum absolute atomic E-state index is 0.492. The van der Waals surface area contributed by atoms with Crippen LogP contribution in [0.3, 0.4) is 0 Å². The van der Waals surface area contributed by atoms with Crippen LogP contribution in [0.1, 0.15) is 11.1 Å². The Balaban J connectivity index is 1.99. The quantitative estimate of drug-likeness (QED) is 0.474. The standard InChI is InChI=1S/C14H21NO6/c1-7-3-4-9(5-8(7)2)15-21-14-13(19)12(18)11(17)10(6-16)20-14/h3-5,10-19H,6H2,1-2H3/t10?,11-,12?,13-,14?/m1/s1. The van der Waals surface area contributed by atoms with Gasteiger partial charge >= 0.3 is 0 Å². The third kappa shape index (κ3) is 3.52. The van der Waals surface area contributed by atoms with Crippen molar-refractivity contribution in [3.63, 3.8) is 0 Å². The van der Waals surface area contributed by atoms with Crippen molar-refractivity contribution in [2.75, 3.05) is 12.1 Å². The first-order chi connectivity index (χ1) is 9.93. The zero-order valence-corrected chi connectivity index (χ0v) is 11.9. The second-order valence-electron chi connectivity index (χ2n) is 5.22. The predicted octanol–water partition coefficient (Wildman–Crippen LogP) is -0.553. The third-order valence-electron chi connectivity index (χ3n) is 3.65. The molecule has 2 rings (SSSR count). The van der Waals surface area contributed by atoms with Gasteiger partial charge in [-0.1, -0.05) is 6.07 Å². The van der Waals surface area contributed by atoms with E-state index in [1.54, 1.807) is 6.07 Å². The summed E-state index contributed by atoms with van der Waals surface area (Å²) in [5.41, 5.74) is 5.50. The van der Waals surface area contributed by atoms with Crippen LogP contribution in [0.25, 0.3) is 0 Å². The molecule has 1 aromatic rings. The van der Waals surface area contributed by atoms with E-state index in [1.807, 2.05) is 26.0 Å². The molecule has 7 nitrogen and oxygen atoms in total. The van der Waals surface area contributed by atoms with Gasteiger partial charge in [-0.2, -0.15) is 0 Å². The fourth-order valence-electron chi connectivity index (χ4n) is 2.10. The monoisotopic (exact) mass is 299 g/mol. The summed E-state index contributed by atoms with van der Waals surface area (Å²) < 4.78 is 5.21. The van der Waals surface area contributed by atoms with Crippen molar-refractivity contribution in [2.45, 2.75) is 44.6 Å². The van der Waals surface area contributed by atoms with Crippen LogP contribution in [-0.2, 0) is 9.57 Å². The first kappa shape index (κ1) is 16.2. The second kappa shape index (κ2) is 6.69. The first-order valence-corrected chi connectivity index (χ1v) is 6.73. The summed E-state index contributed by atoms with van der Waals surface area (Å²) in [5.74, 6) is 0. The molecule has 0 saturated carbocycles. The summed E-state index contributed by atoms with van der Waals surface area (Å²) in [4.78, 5) is 5.22. The number of aryl methyl sites for hydroxylation is 2. The van der Waals surface area contributed by atoms with E-state index >= 15 is 0 Å². The maximum absolute atomic E-state index is 9.82. The number of aliphatic hydroxyl groups is 4. The van der Waals surface area contributed by atoms with Crippen LogP contribution in [0, 0.1) is 13.8 Å². The Morgan fingerprint density at radius 3 is 2.43 bits per heavy atom. The lowest BCUT2D eigenvalue weighted by molar-refractivity contribution is -0.294. The van der Waals surface area contributed by atoms with Crippen molar-refractivity contribution < 1.29 is 30.0 Å². The number of benzene rings is 1. The number of nitrogens with one attached hydrogen (secondary N) is 1. The van der Waals surface area contributed by atoms with Gasteiger partial charge in [-0.15, -0.1) is 0 Å². The van der Waals surface area contributed by atoms with Gasteiger partial charge in [-0.3, -0.25) is 5.48 Å². The number of hydrogen-bond acceptors (Lipinski definition) is 7. The Kier molecular flexibility index (Phi) is 5.15. The summed E-state index contributed by atoms with van der Waals surface area (Å²) in [7, 11) is 0. The zero-order chi connectivity index (χ0) is 15.6. The molecular formula is C14H21NO6. The highest BCUT2D eigenvalue weighted by atomic mass is 16.8. The molecule has 0 aromatic heterocycles. The molecule has 0 radical (unpaired) electrons. The Morgan fingerprint density at radius 2 is 1.81 bits per heavy atom. The average molecular weight is 299 g/mol. The van der Waals surface area contributed by atoms with Crippen LogP contribution in [0.15, 0.2) is 18.2 Å². The largest absolute Gasteiger partial charge is 0.394 e. The highest BCUT2D eigenvalue weighted by molar-refractivity contribution is 5.46. The zero-order valence-electron chi connectivity index (χ0n) is 11.9. The molecule has 0 spiro atoms. The molecular weight excluding hydrogens is 278 g/mol. The topological polar surface area (TPSA) is 111 Å². The number of aliphatic hydroxyl groups excluding tert-OH is 4. The highest BCUT2D eigenvalue weighted by Gasteiger charge is 2.44. The number of ether oxygens (including phenoxy) is 1. The molecule has 21 heavy (non-hydrogen) atoms. The number of hydrogen-bond donors (Lipinski definition) is 5. The van der Waals surface area contributed by atoms with Crippen molar-refractivity contribution in [2.24, 2.45) is 0 Å². The van der Waals surface area contributed by atoms with Crippen LogP contribution in [-0.4, -0.2) is 57.7 Å². The lowest BCUT2D eigenvalue weighted by atomic mass is 9.99. The van der Waals surface area contributed by atoms with E-state index in [9.17, 15) is 15.3 Å². The summed E-state index contributed by atoms with van der Waals surface area (Å²) >= 11 is 0. The molecule has 1 heterocycles. The van der Waals surface area contributed by atoms with Gasteiger partial charge in [0.15, 0.2) is 0 Å². The Hall–Kier alpha value is -1.22. The molecule has 7 heteroatoms. The van der Waals surface area contributed by atoms with E-state index in [4.69, 9.17) is 14.7 Å². The fraction of sp³-hybridized carbons (Fsp3) is 0.571. The van der Waals surface area contributed by atoms with Gasteiger partial charge in [-0.25, -0.2) is 4.84 Å². The van der Waals surface area contributed by atoms with Crippen LogP contribution in [0.2, 0.25) is 0 Å². The number of anilines is 1. The van der Waals surface area contributed by atoms with Gasteiger partial charge in [0.05, 0.1) is 12.3 Å². The molecule has 5 atom stereocenters. The summed E-state index contributed by atoms with van der Waals surface area (Å²) in [6, 6.07) is 5.57. The van der Waals surface area contributed by atoms with E-state index in [1.165, 1.54) is 0 Å². The van der Waals surface area contributed by atoms with Crippen molar-refractivity contribution in [1.82, 2.24) is 0 Å². The van der Waals surface area contributed by atoms with Gasteiger partial charge in [0.25, 0.3) is 0 Å². The molecule has 1 fully saturated rings. The maximum Gasteiger partial charge on any atom is 0.212 e. The molecule has 3 unspecified atom stereocenters. The van der Waals surface area contributed by atoms with Crippen molar-refractivity contribution in [1.29, 1.82) is 0 Å². The first-order valence-electron chi connectivity index (χ1n) is 6.73. The molecule has 0 bridgehead atoms. The maximum atomic E-state index is 9.82. The van der Waals surface area contributed by atoms with E-state index in [0.29, 0.717) is 5.69 Å². The molecule has 1 aromatic carbocycles. The van der Waals surface area contributed by atoms with E-state index in [2.05, 4.69) is 5.48 Å². The summed E-state index contributed by atoms with van der Waals surface area (Å²) in [6.07, 6.45) is -6.48. The molecule has 1 aliphatic heterocycles.